The molecule has 1 fully saturated rings. The van der Waals surface area contributed by atoms with Crippen LogP contribution in [0.5, 0.6) is 0 Å². The molecule has 0 atom stereocenters. The number of fused-ring (bicyclic) bond motifs is 1. The van der Waals surface area contributed by atoms with E-state index in [4.69, 9.17) is 0 Å². The number of nitrogens with one attached hydrogen (secondary N) is 1. The molecule has 4 rings (SSSR count). The number of H-pyrrole nitrogens is 1. The number of rotatable bonds is 3. The van der Waals surface area contributed by atoms with E-state index < -0.39 is 17.7 Å². The topological polar surface area (TPSA) is 90.9 Å². The monoisotopic (exact) mass is 373 g/mol. The van der Waals surface area contributed by atoms with Crippen LogP contribution in [0.4, 0.5) is 20.5 Å². The quantitative estimate of drug-likeness (QED) is 0.747. The Morgan fingerprint density at radius 2 is 1.85 bits per heavy atom. The highest BCUT2D eigenvalue weighted by atomic mass is 19.3. The SMILES string of the molecule is Cc1nc(N2CCN(c3nc(C(F)F)cc(=O)[nH]3)CC2)c2ccncc2n1. The minimum Gasteiger partial charge on any atom is -0.352 e. The van der Waals surface area contributed by atoms with E-state index >= 15 is 0 Å². The number of pyridine rings is 1. The third-order valence-electron chi connectivity index (χ3n) is 4.44. The van der Waals surface area contributed by atoms with E-state index in [1.807, 2.05) is 13.0 Å². The largest absolute Gasteiger partial charge is 0.352 e. The molecule has 0 spiro atoms. The number of aryl methyl sites for hydroxylation is 1. The molecule has 1 aliphatic heterocycles. The zero-order valence-corrected chi connectivity index (χ0v) is 14.6. The third kappa shape index (κ3) is 3.42. The summed E-state index contributed by atoms with van der Waals surface area (Å²) in [5.74, 6) is 1.65. The van der Waals surface area contributed by atoms with Gasteiger partial charge in [0.1, 0.15) is 17.3 Å². The van der Waals surface area contributed by atoms with Gasteiger partial charge in [0.2, 0.25) is 5.95 Å². The molecule has 0 amide bonds. The van der Waals surface area contributed by atoms with Gasteiger partial charge in [-0.05, 0) is 13.0 Å². The summed E-state index contributed by atoms with van der Waals surface area (Å²) in [5, 5.41) is 0.912. The van der Waals surface area contributed by atoms with Gasteiger partial charge in [-0.25, -0.2) is 23.7 Å². The summed E-state index contributed by atoms with van der Waals surface area (Å²) < 4.78 is 25.8. The Morgan fingerprint density at radius 1 is 1.11 bits per heavy atom. The predicted molar refractivity (Wildman–Crippen MR) is 96.3 cm³/mol. The van der Waals surface area contributed by atoms with Gasteiger partial charge in [0.05, 0.1) is 11.7 Å². The van der Waals surface area contributed by atoms with Crippen molar-refractivity contribution >= 4 is 22.7 Å². The van der Waals surface area contributed by atoms with E-state index in [9.17, 15) is 13.6 Å². The first-order valence-corrected chi connectivity index (χ1v) is 8.49. The summed E-state index contributed by atoms with van der Waals surface area (Å²) in [7, 11) is 0. The van der Waals surface area contributed by atoms with Crippen molar-refractivity contribution in [2.75, 3.05) is 36.0 Å². The molecule has 0 aliphatic carbocycles. The fourth-order valence-electron chi connectivity index (χ4n) is 3.17. The standard InChI is InChI=1S/C17H17F2N7O/c1-10-21-13-9-20-3-2-11(13)16(22-10)25-4-6-26(7-5-25)17-23-12(15(18)19)8-14(27)24-17/h2-3,8-9,15H,4-7H2,1H3,(H,23,24,27). The zero-order chi connectivity index (χ0) is 19.0. The van der Waals surface area contributed by atoms with Crippen LogP contribution >= 0.6 is 0 Å². The van der Waals surface area contributed by atoms with Crippen molar-refractivity contribution in [2.45, 2.75) is 13.3 Å². The van der Waals surface area contributed by atoms with Crippen LogP contribution in [0, 0.1) is 6.92 Å². The molecule has 3 aromatic rings. The lowest BCUT2D eigenvalue weighted by molar-refractivity contribution is 0.146. The molecule has 1 saturated heterocycles. The Kier molecular flexibility index (Phi) is 4.38. The Hall–Kier alpha value is -3.17. The summed E-state index contributed by atoms with van der Waals surface area (Å²) in [6.45, 7) is 4.08. The first-order chi connectivity index (χ1) is 13.0. The molecule has 10 heteroatoms. The Balaban J connectivity index is 1.58. The number of alkyl halides is 2. The number of piperazine rings is 1. The van der Waals surface area contributed by atoms with Crippen LogP contribution in [0.15, 0.2) is 29.3 Å². The van der Waals surface area contributed by atoms with Crippen LogP contribution in [0.2, 0.25) is 0 Å². The summed E-state index contributed by atoms with van der Waals surface area (Å²) >= 11 is 0. The number of nitrogens with zero attached hydrogens (tertiary/aromatic N) is 6. The number of anilines is 2. The molecule has 1 aliphatic rings. The highest BCUT2D eigenvalue weighted by Crippen LogP contribution is 2.25. The molecular weight excluding hydrogens is 356 g/mol. The molecular formula is C17H17F2N7O. The van der Waals surface area contributed by atoms with E-state index in [1.165, 1.54) is 0 Å². The molecule has 0 bridgehead atoms. The summed E-state index contributed by atoms with van der Waals surface area (Å²) in [4.78, 5) is 35.0. The van der Waals surface area contributed by atoms with Crippen LogP contribution in [-0.4, -0.2) is 51.1 Å². The predicted octanol–water partition coefficient (Wildman–Crippen LogP) is 1.68. The number of aromatic nitrogens is 5. The maximum absolute atomic E-state index is 12.9. The van der Waals surface area contributed by atoms with Gasteiger partial charge in [0, 0.05) is 43.8 Å². The molecule has 1 N–H and O–H groups in total. The average molecular weight is 373 g/mol. The molecule has 0 aromatic carbocycles. The van der Waals surface area contributed by atoms with Gasteiger partial charge in [-0.3, -0.25) is 14.8 Å². The van der Waals surface area contributed by atoms with Crippen LogP contribution in [0.25, 0.3) is 10.9 Å². The van der Waals surface area contributed by atoms with Crippen molar-refractivity contribution in [1.29, 1.82) is 0 Å². The van der Waals surface area contributed by atoms with Crippen molar-refractivity contribution in [3.05, 3.63) is 46.4 Å². The van der Waals surface area contributed by atoms with Crippen molar-refractivity contribution in [3.63, 3.8) is 0 Å². The fourth-order valence-corrected chi connectivity index (χ4v) is 3.17. The lowest BCUT2D eigenvalue weighted by atomic mass is 10.2. The second kappa shape index (κ2) is 6.86. The van der Waals surface area contributed by atoms with Crippen LogP contribution in [-0.2, 0) is 0 Å². The van der Waals surface area contributed by atoms with E-state index in [2.05, 4.69) is 29.8 Å². The van der Waals surface area contributed by atoms with Crippen molar-refractivity contribution < 1.29 is 8.78 Å². The van der Waals surface area contributed by atoms with Gasteiger partial charge in [-0.2, -0.15) is 0 Å². The Labute approximate surface area is 152 Å². The summed E-state index contributed by atoms with van der Waals surface area (Å²) in [5.41, 5.74) is -0.318. The minimum atomic E-state index is -2.78. The maximum atomic E-state index is 12.9. The van der Waals surface area contributed by atoms with Crippen LogP contribution in [0.1, 0.15) is 17.9 Å². The molecule has 4 heterocycles. The minimum absolute atomic E-state index is 0.172. The second-order valence-electron chi connectivity index (χ2n) is 6.26. The highest BCUT2D eigenvalue weighted by molar-refractivity contribution is 5.88. The summed E-state index contributed by atoms with van der Waals surface area (Å²) in [6.07, 6.45) is 0.621. The Bertz CT molecular complexity index is 1030. The van der Waals surface area contributed by atoms with Crippen molar-refractivity contribution in [2.24, 2.45) is 0 Å². The lowest BCUT2D eigenvalue weighted by Crippen LogP contribution is -2.48. The van der Waals surface area contributed by atoms with Gasteiger partial charge < -0.3 is 9.80 Å². The van der Waals surface area contributed by atoms with E-state index in [1.54, 1.807) is 17.3 Å². The molecule has 3 aromatic heterocycles. The highest BCUT2D eigenvalue weighted by Gasteiger charge is 2.23. The molecule has 0 saturated carbocycles. The van der Waals surface area contributed by atoms with Crippen LogP contribution < -0.4 is 15.4 Å². The third-order valence-corrected chi connectivity index (χ3v) is 4.44. The molecule has 27 heavy (non-hydrogen) atoms. The average Bonchev–Trinajstić information content (AvgIpc) is 2.67. The normalized spacial score (nSPS) is 15.0. The molecule has 140 valence electrons. The maximum Gasteiger partial charge on any atom is 0.280 e. The van der Waals surface area contributed by atoms with Crippen molar-refractivity contribution in [3.8, 4) is 0 Å². The smallest absolute Gasteiger partial charge is 0.280 e. The lowest BCUT2D eigenvalue weighted by Gasteiger charge is -2.36. The van der Waals surface area contributed by atoms with Crippen LogP contribution in [0.3, 0.4) is 0 Å². The summed E-state index contributed by atoms with van der Waals surface area (Å²) in [6, 6.07) is 2.70. The zero-order valence-electron chi connectivity index (χ0n) is 14.6. The fraction of sp³-hybridized carbons (Fsp3) is 0.353. The molecule has 8 nitrogen and oxygen atoms in total. The Morgan fingerprint density at radius 3 is 2.59 bits per heavy atom. The van der Waals surface area contributed by atoms with Gasteiger partial charge in [0.25, 0.3) is 12.0 Å². The van der Waals surface area contributed by atoms with Gasteiger partial charge >= 0.3 is 0 Å². The van der Waals surface area contributed by atoms with Gasteiger partial charge in [-0.1, -0.05) is 0 Å². The van der Waals surface area contributed by atoms with Gasteiger partial charge in [0.15, 0.2) is 0 Å². The van der Waals surface area contributed by atoms with Crippen molar-refractivity contribution in [1.82, 2.24) is 24.9 Å². The second-order valence-corrected chi connectivity index (χ2v) is 6.26. The first kappa shape index (κ1) is 17.3. The van der Waals surface area contributed by atoms with E-state index in [0.717, 1.165) is 22.8 Å². The number of aromatic amines is 1. The number of halogens is 2. The molecule has 0 radical (unpaired) electrons. The number of hydrogen-bond donors (Lipinski definition) is 1. The first-order valence-electron chi connectivity index (χ1n) is 8.49. The van der Waals surface area contributed by atoms with E-state index in [0.29, 0.717) is 32.0 Å². The molecule has 0 unspecified atom stereocenters. The number of hydrogen-bond acceptors (Lipinski definition) is 7. The van der Waals surface area contributed by atoms with E-state index in [-0.39, 0.29) is 5.95 Å². The van der Waals surface area contributed by atoms with Gasteiger partial charge in [-0.15, -0.1) is 0 Å².